The van der Waals surface area contributed by atoms with E-state index in [0.717, 1.165) is 5.56 Å². The van der Waals surface area contributed by atoms with E-state index in [0.29, 0.717) is 21.6 Å². The monoisotopic (exact) mass is 344 g/mol. The average Bonchev–Trinajstić information content (AvgIpc) is 2.68. The summed E-state index contributed by atoms with van der Waals surface area (Å²) in [6, 6.07) is 7.05. The van der Waals surface area contributed by atoms with Gasteiger partial charge in [-0.2, -0.15) is 0 Å². The number of nitrogens with one attached hydrogen (secondary N) is 1. The van der Waals surface area contributed by atoms with E-state index in [1.165, 1.54) is 0 Å². The zero-order valence-corrected chi connectivity index (χ0v) is 12.9. The smallest absolute Gasteiger partial charge is 0.238 e. The van der Waals surface area contributed by atoms with Crippen LogP contribution in [0.15, 0.2) is 33.3 Å². The minimum atomic E-state index is -3.52. The Balaban J connectivity index is 2.19. The third-order valence-corrected chi connectivity index (χ3v) is 4.30. The molecule has 1 N–H and O–H groups in total. The molecule has 102 valence electrons. The van der Waals surface area contributed by atoms with Crippen LogP contribution in [0.5, 0.6) is 0 Å². The van der Waals surface area contributed by atoms with Gasteiger partial charge in [-0.15, -0.1) is 0 Å². The lowest BCUT2D eigenvalue weighted by Gasteiger charge is -2.09. The summed E-state index contributed by atoms with van der Waals surface area (Å²) < 4.78 is 32.1. The Morgan fingerprint density at radius 3 is 2.68 bits per heavy atom. The van der Waals surface area contributed by atoms with Crippen molar-refractivity contribution < 1.29 is 12.9 Å². The molecule has 0 aliphatic heterocycles. The van der Waals surface area contributed by atoms with Crippen LogP contribution in [0.25, 0.3) is 0 Å². The molecular weight excluding hydrogens is 332 g/mol. The summed E-state index contributed by atoms with van der Waals surface area (Å²) in [6.07, 6.45) is 0. The third-order valence-electron chi connectivity index (χ3n) is 2.40. The lowest BCUT2D eigenvalue weighted by atomic mass is 10.2. The second-order valence-corrected chi connectivity index (χ2v) is 6.85. The first kappa shape index (κ1) is 14.1. The van der Waals surface area contributed by atoms with Gasteiger partial charge in [0.15, 0.2) is 0 Å². The molecule has 0 atom stereocenters. The number of benzene rings is 1. The van der Waals surface area contributed by atoms with Gasteiger partial charge in [0.25, 0.3) is 0 Å². The topological polar surface area (TPSA) is 72.2 Å². The Kier molecular flexibility index (Phi) is 3.96. The lowest BCUT2D eigenvalue weighted by molar-refractivity contribution is 0.392. The third kappa shape index (κ3) is 3.81. The molecule has 2 aromatic rings. The number of nitrogens with zero attached hydrogens (tertiary/aromatic N) is 1. The van der Waals surface area contributed by atoms with E-state index in [1.54, 1.807) is 25.1 Å². The number of hydrogen-bond donors (Lipinski definition) is 1. The number of anilines is 1. The molecule has 0 aliphatic rings. The Morgan fingerprint density at radius 1 is 1.32 bits per heavy atom. The van der Waals surface area contributed by atoms with E-state index >= 15 is 0 Å². The first-order valence-corrected chi connectivity index (χ1v) is 7.99. The van der Waals surface area contributed by atoms with Gasteiger partial charge in [-0.3, -0.25) is 4.72 Å². The zero-order valence-electron chi connectivity index (χ0n) is 10.5. The van der Waals surface area contributed by atoms with Gasteiger partial charge in [0, 0.05) is 10.5 Å². The predicted octanol–water partition coefficient (Wildman–Crippen LogP) is 3.00. The quantitative estimate of drug-likeness (QED) is 0.925. The summed E-state index contributed by atoms with van der Waals surface area (Å²) in [5.41, 5.74) is 1.87. The van der Waals surface area contributed by atoms with Crippen molar-refractivity contribution in [2.24, 2.45) is 0 Å². The maximum absolute atomic E-state index is 12.0. The van der Waals surface area contributed by atoms with Crippen LogP contribution in [0, 0.1) is 13.8 Å². The van der Waals surface area contributed by atoms with Crippen molar-refractivity contribution in [1.82, 2.24) is 5.16 Å². The van der Waals surface area contributed by atoms with Crippen LogP contribution >= 0.6 is 15.9 Å². The molecular formula is C12H13BrN2O3S. The SMILES string of the molecule is Cc1ccc(Br)c(NS(=O)(=O)Cc2cc(C)on2)c1. The summed E-state index contributed by atoms with van der Waals surface area (Å²) in [5.74, 6) is 0.368. The molecule has 5 nitrogen and oxygen atoms in total. The molecule has 1 aromatic carbocycles. The van der Waals surface area contributed by atoms with Gasteiger partial charge in [-0.25, -0.2) is 8.42 Å². The Morgan fingerprint density at radius 2 is 2.05 bits per heavy atom. The standard InChI is InChI=1S/C12H13BrN2O3S/c1-8-3-4-11(13)12(5-8)15-19(16,17)7-10-6-9(2)18-14-10/h3-6,15H,7H2,1-2H3. The summed E-state index contributed by atoms with van der Waals surface area (Å²) in [7, 11) is -3.52. The molecule has 0 aliphatic carbocycles. The Labute approximate surface area is 120 Å². The van der Waals surface area contributed by atoms with Gasteiger partial charge in [0.05, 0.1) is 5.69 Å². The second-order valence-electron chi connectivity index (χ2n) is 4.27. The van der Waals surface area contributed by atoms with Crippen molar-refractivity contribution in [3.8, 4) is 0 Å². The van der Waals surface area contributed by atoms with Crippen molar-refractivity contribution in [2.45, 2.75) is 19.6 Å². The number of rotatable bonds is 4. The Bertz CT molecular complexity index is 695. The van der Waals surface area contributed by atoms with Crippen molar-refractivity contribution in [3.05, 3.63) is 45.8 Å². The second kappa shape index (κ2) is 5.34. The van der Waals surface area contributed by atoms with Gasteiger partial charge in [-0.1, -0.05) is 11.2 Å². The molecule has 0 spiro atoms. The molecule has 0 saturated heterocycles. The average molecular weight is 345 g/mol. The maximum Gasteiger partial charge on any atom is 0.238 e. The number of aryl methyl sites for hydroxylation is 2. The predicted molar refractivity (Wildman–Crippen MR) is 76.4 cm³/mol. The molecule has 2 rings (SSSR count). The van der Waals surface area contributed by atoms with Crippen LogP contribution in [-0.4, -0.2) is 13.6 Å². The molecule has 0 saturated carbocycles. The first-order valence-electron chi connectivity index (χ1n) is 5.54. The summed E-state index contributed by atoms with van der Waals surface area (Å²) in [6.45, 7) is 3.61. The number of halogens is 1. The molecule has 0 fully saturated rings. The fourth-order valence-electron chi connectivity index (χ4n) is 1.60. The molecule has 19 heavy (non-hydrogen) atoms. The maximum atomic E-state index is 12.0. The van der Waals surface area contributed by atoms with Gasteiger partial charge < -0.3 is 4.52 Å². The van der Waals surface area contributed by atoms with Crippen LogP contribution in [0.3, 0.4) is 0 Å². The minimum Gasteiger partial charge on any atom is -0.361 e. The molecule has 0 bridgehead atoms. The highest BCUT2D eigenvalue weighted by Crippen LogP contribution is 2.25. The summed E-state index contributed by atoms with van der Waals surface area (Å²) >= 11 is 3.31. The van der Waals surface area contributed by atoms with Crippen LogP contribution in [0.4, 0.5) is 5.69 Å². The number of hydrogen-bond acceptors (Lipinski definition) is 4. The van der Waals surface area contributed by atoms with E-state index in [2.05, 4.69) is 25.8 Å². The van der Waals surface area contributed by atoms with Gasteiger partial charge in [-0.05, 0) is 47.5 Å². The number of aromatic nitrogens is 1. The fraction of sp³-hybridized carbons (Fsp3) is 0.250. The molecule has 0 unspecified atom stereocenters. The Hall–Kier alpha value is -1.34. The molecule has 1 heterocycles. The molecule has 1 aromatic heterocycles. The minimum absolute atomic E-state index is 0.218. The van der Waals surface area contributed by atoms with Crippen molar-refractivity contribution in [1.29, 1.82) is 0 Å². The summed E-state index contributed by atoms with van der Waals surface area (Å²) in [4.78, 5) is 0. The van der Waals surface area contributed by atoms with E-state index in [1.807, 2.05) is 13.0 Å². The van der Waals surface area contributed by atoms with Gasteiger partial charge >= 0.3 is 0 Å². The van der Waals surface area contributed by atoms with Crippen molar-refractivity contribution >= 4 is 31.6 Å². The van der Waals surface area contributed by atoms with Crippen LogP contribution < -0.4 is 4.72 Å². The first-order chi connectivity index (χ1) is 8.85. The van der Waals surface area contributed by atoms with Crippen molar-refractivity contribution in [3.63, 3.8) is 0 Å². The normalized spacial score (nSPS) is 11.5. The number of sulfonamides is 1. The lowest BCUT2D eigenvalue weighted by Crippen LogP contribution is -2.15. The highest BCUT2D eigenvalue weighted by molar-refractivity contribution is 9.10. The van der Waals surface area contributed by atoms with Crippen LogP contribution in [-0.2, 0) is 15.8 Å². The van der Waals surface area contributed by atoms with Crippen LogP contribution in [0.2, 0.25) is 0 Å². The molecule has 0 amide bonds. The van der Waals surface area contributed by atoms with E-state index in [4.69, 9.17) is 4.52 Å². The highest BCUT2D eigenvalue weighted by atomic mass is 79.9. The summed E-state index contributed by atoms with van der Waals surface area (Å²) in [5, 5.41) is 3.68. The van der Waals surface area contributed by atoms with Crippen molar-refractivity contribution in [2.75, 3.05) is 4.72 Å². The van der Waals surface area contributed by atoms with Gasteiger partial charge in [0.1, 0.15) is 17.2 Å². The van der Waals surface area contributed by atoms with E-state index in [-0.39, 0.29) is 5.75 Å². The zero-order chi connectivity index (χ0) is 14.0. The molecule has 0 radical (unpaired) electrons. The highest BCUT2D eigenvalue weighted by Gasteiger charge is 2.16. The molecule has 7 heteroatoms. The van der Waals surface area contributed by atoms with E-state index in [9.17, 15) is 8.42 Å². The van der Waals surface area contributed by atoms with Crippen LogP contribution in [0.1, 0.15) is 17.0 Å². The van der Waals surface area contributed by atoms with E-state index < -0.39 is 10.0 Å². The largest absolute Gasteiger partial charge is 0.361 e. The van der Waals surface area contributed by atoms with Gasteiger partial charge in [0.2, 0.25) is 10.0 Å². The fourth-order valence-corrected chi connectivity index (χ4v) is 3.18.